The van der Waals surface area contributed by atoms with Crippen LogP contribution in [0.15, 0.2) is 30.3 Å². The summed E-state index contributed by atoms with van der Waals surface area (Å²) in [4.78, 5) is 2.45. The van der Waals surface area contributed by atoms with E-state index in [1.165, 1.54) is 5.56 Å². The number of nitrogens with zero attached hydrogens (tertiary/aromatic N) is 1. The fraction of sp³-hybridized carbons (Fsp3) is 0.600. The highest BCUT2D eigenvalue weighted by atomic mass is 16.3. The number of aliphatic hydroxyl groups is 1. The summed E-state index contributed by atoms with van der Waals surface area (Å²) < 4.78 is 0. The molecule has 0 radical (unpaired) electrons. The third kappa shape index (κ3) is 3.80. The molecule has 1 aliphatic rings. The number of rotatable bonds is 5. The zero-order chi connectivity index (χ0) is 12.8. The van der Waals surface area contributed by atoms with Gasteiger partial charge in [0.25, 0.3) is 0 Å². The minimum absolute atomic E-state index is 0.143. The smallest absolute Gasteiger partial charge is 0.0605 e. The van der Waals surface area contributed by atoms with E-state index in [4.69, 9.17) is 0 Å². The molecule has 0 spiro atoms. The predicted molar refractivity (Wildman–Crippen MR) is 74.4 cm³/mol. The van der Waals surface area contributed by atoms with Crippen LogP contribution in [0.4, 0.5) is 0 Å². The van der Waals surface area contributed by atoms with E-state index >= 15 is 0 Å². The van der Waals surface area contributed by atoms with Crippen molar-refractivity contribution >= 4 is 0 Å². The summed E-state index contributed by atoms with van der Waals surface area (Å²) >= 11 is 0. The first-order valence-electron chi connectivity index (χ1n) is 6.94. The van der Waals surface area contributed by atoms with E-state index in [1.807, 2.05) is 0 Å². The Morgan fingerprint density at radius 2 is 2.11 bits per heavy atom. The van der Waals surface area contributed by atoms with Gasteiger partial charge < -0.3 is 10.4 Å². The van der Waals surface area contributed by atoms with Crippen molar-refractivity contribution in [2.24, 2.45) is 5.92 Å². The molecule has 0 saturated carbocycles. The van der Waals surface area contributed by atoms with Gasteiger partial charge in [0.15, 0.2) is 0 Å². The maximum Gasteiger partial charge on any atom is 0.0605 e. The number of nitrogens with one attached hydrogen (secondary N) is 1. The summed E-state index contributed by atoms with van der Waals surface area (Å²) in [6, 6.07) is 10.6. The molecule has 0 unspecified atom stereocenters. The first-order chi connectivity index (χ1) is 8.79. The van der Waals surface area contributed by atoms with E-state index in [9.17, 15) is 5.11 Å². The van der Waals surface area contributed by atoms with Crippen LogP contribution in [-0.2, 0) is 6.54 Å². The lowest BCUT2D eigenvalue weighted by atomic mass is 9.94. The highest BCUT2D eigenvalue weighted by Crippen LogP contribution is 2.18. The van der Waals surface area contributed by atoms with Crippen LogP contribution in [-0.4, -0.2) is 42.3 Å². The van der Waals surface area contributed by atoms with Gasteiger partial charge in [0, 0.05) is 32.1 Å². The van der Waals surface area contributed by atoms with Gasteiger partial charge in [-0.15, -0.1) is 0 Å². The molecule has 2 rings (SSSR count). The Morgan fingerprint density at radius 3 is 2.83 bits per heavy atom. The molecule has 0 bridgehead atoms. The molecule has 3 nitrogen and oxygen atoms in total. The molecule has 2 N–H and O–H groups in total. The van der Waals surface area contributed by atoms with Crippen LogP contribution in [0.5, 0.6) is 0 Å². The van der Waals surface area contributed by atoms with E-state index in [0.717, 1.165) is 39.1 Å². The Labute approximate surface area is 110 Å². The van der Waals surface area contributed by atoms with Crippen LogP contribution in [0.25, 0.3) is 0 Å². The average molecular weight is 248 g/mol. The van der Waals surface area contributed by atoms with E-state index in [1.54, 1.807) is 0 Å². The molecule has 1 aromatic rings. The number of hydrogen-bond acceptors (Lipinski definition) is 3. The maximum absolute atomic E-state index is 10.0. The minimum atomic E-state index is -0.143. The van der Waals surface area contributed by atoms with Crippen LogP contribution in [0.3, 0.4) is 0 Å². The van der Waals surface area contributed by atoms with Crippen molar-refractivity contribution in [3.05, 3.63) is 35.9 Å². The number of benzene rings is 1. The topological polar surface area (TPSA) is 35.5 Å². The van der Waals surface area contributed by atoms with E-state index in [0.29, 0.717) is 5.92 Å². The quantitative estimate of drug-likeness (QED) is 0.828. The molecule has 2 atom stereocenters. The first-order valence-corrected chi connectivity index (χ1v) is 6.94. The van der Waals surface area contributed by atoms with Gasteiger partial charge in [-0.25, -0.2) is 0 Å². The van der Waals surface area contributed by atoms with Crippen LogP contribution < -0.4 is 5.32 Å². The summed E-state index contributed by atoms with van der Waals surface area (Å²) in [5, 5.41) is 13.4. The first kappa shape index (κ1) is 13.5. The second-order valence-corrected chi connectivity index (χ2v) is 5.14. The van der Waals surface area contributed by atoms with E-state index in [-0.39, 0.29) is 6.10 Å². The van der Waals surface area contributed by atoms with Crippen molar-refractivity contribution in [3.8, 4) is 0 Å². The lowest BCUT2D eigenvalue weighted by Gasteiger charge is -2.36. The Hall–Kier alpha value is -0.900. The molecule has 1 aromatic carbocycles. The predicted octanol–water partition coefficient (Wildman–Crippen LogP) is 1.48. The molecule has 1 heterocycles. The fourth-order valence-electron chi connectivity index (χ4n) is 2.61. The Kier molecular flexibility index (Phi) is 5.17. The summed E-state index contributed by atoms with van der Waals surface area (Å²) in [7, 11) is 0. The molecule has 1 aliphatic heterocycles. The largest absolute Gasteiger partial charge is 0.393 e. The molecule has 0 amide bonds. The van der Waals surface area contributed by atoms with Crippen molar-refractivity contribution in [1.29, 1.82) is 0 Å². The summed E-state index contributed by atoms with van der Waals surface area (Å²) in [5.74, 6) is 0.363. The lowest BCUT2D eigenvalue weighted by Crippen LogP contribution is -2.46. The Balaban J connectivity index is 1.87. The van der Waals surface area contributed by atoms with Crippen LogP contribution in [0, 0.1) is 5.92 Å². The minimum Gasteiger partial charge on any atom is -0.393 e. The number of aliphatic hydroxyl groups excluding tert-OH is 1. The van der Waals surface area contributed by atoms with E-state index in [2.05, 4.69) is 47.5 Å². The Morgan fingerprint density at radius 1 is 1.33 bits per heavy atom. The maximum atomic E-state index is 10.0. The van der Waals surface area contributed by atoms with Gasteiger partial charge in [-0.3, -0.25) is 4.90 Å². The van der Waals surface area contributed by atoms with Gasteiger partial charge in [0.2, 0.25) is 0 Å². The zero-order valence-electron chi connectivity index (χ0n) is 11.2. The lowest BCUT2D eigenvalue weighted by molar-refractivity contribution is 0.0243. The van der Waals surface area contributed by atoms with Crippen LogP contribution in [0.1, 0.15) is 18.9 Å². The van der Waals surface area contributed by atoms with Crippen molar-refractivity contribution in [2.45, 2.75) is 26.0 Å². The summed E-state index contributed by atoms with van der Waals surface area (Å²) in [6.07, 6.45) is 0.749. The zero-order valence-corrected chi connectivity index (χ0v) is 11.2. The molecular formula is C15H24N2O. The van der Waals surface area contributed by atoms with Crippen molar-refractivity contribution < 1.29 is 5.11 Å². The number of piperidine rings is 1. The van der Waals surface area contributed by atoms with Crippen molar-refractivity contribution in [2.75, 3.05) is 26.2 Å². The summed E-state index contributed by atoms with van der Waals surface area (Å²) in [5.41, 5.74) is 1.36. The molecule has 0 aliphatic carbocycles. The normalized spacial score (nSPS) is 25.2. The molecule has 18 heavy (non-hydrogen) atoms. The van der Waals surface area contributed by atoms with Gasteiger partial charge in [0.05, 0.1) is 6.10 Å². The standard InChI is InChI=1S/C15H24N2O/c1-2-16-10-14-12-17(9-8-15(14)18)11-13-6-4-3-5-7-13/h3-7,14-16,18H,2,8-12H2,1H3/t14-,15-/m1/s1. The van der Waals surface area contributed by atoms with Gasteiger partial charge in [-0.1, -0.05) is 37.3 Å². The third-order valence-corrected chi connectivity index (χ3v) is 3.68. The monoisotopic (exact) mass is 248 g/mol. The fourth-order valence-corrected chi connectivity index (χ4v) is 2.61. The third-order valence-electron chi connectivity index (χ3n) is 3.68. The highest BCUT2D eigenvalue weighted by Gasteiger charge is 2.27. The molecule has 0 aromatic heterocycles. The van der Waals surface area contributed by atoms with Gasteiger partial charge in [-0.2, -0.15) is 0 Å². The number of hydrogen-bond donors (Lipinski definition) is 2. The second-order valence-electron chi connectivity index (χ2n) is 5.14. The van der Waals surface area contributed by atoms with Crippen molar-refractivity contribution in [1.82, 2.24) is 10.2 Å². The molecule has 1 saturated heterocycles. The van der Waals surface area contributed by atoms with E-state index < -0.39 is 0 Å². The molecule has 1 fully saturated rings. The highest BCUT2D eigenvalue weighted by molar-refractivity contribution is 5.14. The number of likely N-dealkylation sites (tertiary alicyclic amines) is 1. The molecule has 100 valence electrons. The van der Waals surface area contributed by atoms with Crippen LogP contribution in [0.2, 0.25) is 0 Å². The summed E-state index contributed by atoms with van der Waals surface area (Å²) in [6.45, 7) is 6.99. The Bertz CT molecular complexity index is 342. The van der Waals surface area contributed by atoms with Crippen molar-refractivity contribution in [3.63, 3.8) is 0 Å². The van der Waals surface area contributed by atoms with Gasteiger partial charge >= 0.3 is 0 Å². The average Bonchev–Trinajstić information content (AvgIpc) is 2.40. The molecule has 3 heteroatoms. The SMILES string of the molecule is CCNC[C@@H]1CN(Cc2ccccc2)CC[C@H]1O. The second kappa shape index (κ2) is 6.88. The van der Waals surface area contributed by atoms with Crippen LogP contribution >= 0.6 is 0 Å². The van der Waals surface area contributed by atoms with Gasteiger partial charge in [-0.05, 0) is 18.5 Å². The van der Waals surface area contributed by atoms with Gasteiger partial charge in [0.1, 0.15) is 0 Å². The molecular weight excluding hydrogens is 224 g/mol.